The quantitative estimate of drug-likeness (QED) is 0.395. The molecular formula is C20H20N4O4S2. The van der Waals surface area contributed by atoms with Crippen molar-refractivity contribution in [2.24, 2.45) is 0 Å². The number of benzene rings is 1. The number of hydrogen-bond donors (Lipinski definition) is 1. The Morgan fingerprint density at radius 1 is 1.13 bits per heavy atom. The van der Waals surface area contributed by atoms with Crippen molar-refractivity contribution in [3.63, 3.8) is 0 Å². The number of carbonyl (C=O) groups is 2. The summed E-state index contributed by atoms with van der Waals surface area (Å²) in [6.07, 6.45) is 0.0884. The average Bonchev–Trinajstić information content (AvgIpc) is 3.19. The van der Waals surface area contributed by atoms with Gasteiger partial charge in [-0.25, -0.2) is 4.98 Å². The van der Waals surface area contributed by atoms with Crippen molar-refractivity contribution in [2.75, 3.05) is 24.8 Å². The number of hydrogen-bond acceptors (Lipinski definition) is 9. The van der Waals surface area contributed by atoms with Crippen LogP contribution >= 0.6 is 23.1 Å². The molecule has 0 aliphatic carbocycles. The standard InChI is InChI=1S/C20H20N4O4S2/c1-3-28-19(26)10-14-11-30-20(21-14)22-17(25)12-29-18-9-8-16(23-24-18)13-4-6-15(27-2)7-5-13/h4-9,11H,3,10,12H2,1-2H3,(H,21,22,25). The third-order valence-corrected chi connectivity index (χ3v) is 5.53. The highest BCUT2D eigenvalue weighted by molar-refractivity contribution is 7.99. The topological polar surface area (TPSA) is 103 Å². The molecule has 0 bridgehead atoms. The van der Waals surface area contributed by atoms with E-state index in [1.54, 1.807) is 19.4 Å². The first-order valence-electron chi connectivity index (χ1n) is 9.08. The molecule has 156 valence electrons. The minimum absolute atomic E-state index is 0.0884. The van der Waals surface area contributed by atoms with Crippen molar-refractivity contribution in [2.45, 2.75) is 18.4 Å². The molecule has 1 amide bonds. The lowest BCUT2D eigenvalue weighted by Gasteiger charge is -2.04. The summed E-state index contributed by atoms with van der Waals surface area (Å²) < 4.78 is 10.0. The number of amides is 1. The Morgan fingerprint density at radius 3 is 2.60 bits per heavy atom. The highest BCUT2D eigenvalue weighted by Gasteiger charge is 2.11. The Hall–Kier alpha value is -2.98. The van der Waals surface area contributed by atoms with E-state index in [1.807, 2.05) is 36.4 Å². The molecular weight excluding hydrogens is 424 g/mol. The van der Waals surface area contributed by atoms with Gasteiger partial charge in [0.15, 0.2) is 5.13 Å². The number of nitrogens with one attached hydrogen (secondary N) is 1. The molecule has 10 heteroatoms. The molecule has 2 aromatic heterocycles. The molecule has 3 rings (SSSR count). The average molecular weight is 445 g/mol. The van der Waals surface area contributed by atoms with Crippen molar-refractivity contribution >= 4 is 40.1 Å². The second-order valence-electron chi connectivity index (χ2n) is 5.95. The van der Waals surface area contributed by atoms with E-state index in [0.717, 1.165) is 17.0 Å². The molecule has 2 heterocycles. The van der Waals surface area contributed by atoms with E-state index < -0.39 is 0 Å². The fourth-order valence-corrected chi connectivity index (χ4v) is 3.75. The van der Waals surface area contributed by atoms with Gasteiger partial charge in [-0.3, -0.25) is 9.59 Å². The third kappa shape index (κ3) is 6.26. The molecule has 0 atom stereocenters. The fourth-order valence-electron chi connectivity index (χ4n) is 2.41. The summed E-state index contributed by atoms with van der Waals surface area (Å²) in [6, 6.07) is 11.2. The fraction of sp³-hybridized carbons (Fsp3) is 0.250. The van der Waals surface area contributed by atoms with Crippen LogP contribution < -0.4 is 10.1 Å². The normalized spacial score (nSPS) is 10.5. The number of thiazole rings is 1. The molecule has 1 aromatic carbocycles. The number of rotatable bonds is 9. The van der Waals surface area contributed by atoms with Crippen molar-refractivity contribution in [1.82, 2.24) is 15.2 Å². The molecule has 0 unspecified atom stereocenters. The predicted molar refractivity (Wildman–Crippen MR) is 116 cm³/mol. The summed E-state index contributed by atoms with van der Waals surface area (Å²) in [5.41, 5.74) is 2.24. The van der Waals surface area contributed by atoms with Crippen molar-refractivity contribution in [3.05, 3.63) is 47.5 Å². The number of methoxy groups -OCH3 is 1. The molecule has 1 N–H and O–H groups in total. The van der Waals surface area contributed by atoms with Crippen molar-refractivity contribution in [3.8, 4) is 17.0 Å². The minimum atomic E-state index is -0.340. The minimum Gasteiger partial charge on any atom is -0.497 e. The molecule has 0 aliphatic heterocycles. The SMILES string of the molecule is CCOC(=O)Cc1csc(NC(=O)CSc2ccc(-c3ccc(OC)cc3)nn2)n1. The van der Waals surface area contributed by atoms with E-state index in [2.05, 4.69) is 20.5 Å². The van der Waals surface area contributed by atoms with E-state index in [1.165, 1.54) is 23.1 Å². The lowest BCUT2D eigenvalue weighted by Crippen LogP contribution is -2.14. The Balaban J connectivity index is 1.48. The first kappa shape index (κ1) is 21.7. The van der Waals surface area contributed by atoms with E-state index in [9.17, 15) is 9.59 Å². The van der Waals surface area contributed by atoms with Crippen molar-refractivity contribution < 1.29 is 19.1 Å². The molecule has 30 heavy (non-hydrogen) atoms. The largest absolute Gasteiger partial charge is 0.497 e. The van der Waals surface area contributed by atoms with E-state index in [4.69, 9.17) is 9.47 Å². The van der Waals surface area contributed by atoms with Crippen LogP contribution in [0.25, 0.3) is 11.3 Å². The van der Waals surface area contributed by atoms with Crippen LogP contribution in [0.4, 0.5) is 5.13 Å². The van der Waals surface area contributed by atoms with Crippen LogP contribution in [0.2, 0.25) is 0 Å². The van der Waals surface area contributed by atoms with Crippen LogP contribution in [-0.2, 0) is 20.7 Å². The molecule has 3 aromatic rings. The number of nitrogens with zero attached hydrogens (tertiary/aromatic N) is 3. The summed E-state index contributed by atoms with van der Waals surface area (Å²) in [5, 5.41) is 13.9. The van der Waals surface area contributed by atoms with Gasteiger partial charge in [0, 0.05) is 10.9 Å². The van der Waals surface area contributed by atoms with Gasteiger partial charge in [0.25, 0.3) is 0 Å². The van der Waals surface area contributed by atoms with E-state index in [-0.39, 0.29) is 24.1 Å². The second-order valence-corrected chi connectivity index (χ2v) is 7.80. The summed E-state index contributed by atoms with van der Waals surface area (Å²) in [4.78, 5) is 27.9. The van der Waals surface area contributed by atoms with Gasteiger partial charge in [-0.2, -0.15) is 0 Å². The van der Waals surface area contributed by atoms with Gasteiger partial charge in [0.2, 0.25) is 5.91 Å². The van der Waals surface area contributed by atoms with Crippen LogP contribution in [0.15, 0.2) is 46.8 Å². The third-order valence-electron chi connectivity index (χ3n) is 3.81. The number of esters is 1. The zero-order valence-corrected chi connectivity index (χ0v) is 18.1. The van der Waals surface area contributed by atoms with Gasteiger partial charge in [-0.05, 0) is 43.3 Å². The molecule has 0 spiro atoms. The van der Waals surface area contributed by atoms with Gasteiger partial charge < -0.3 is 14.8 Å². The predicted octanol–water partition coefficient (Wildman–Crippen LogP) is 3.45. The summed E-state index contributed by atoms with van der Waals surface area (Å²) in [6.45, 7) is 2.08. The number of ether oxygens (including phenoxy) is 2. The number of aromatic nitrogens is 3. The van der Waals surface area contributed by atoms with Crippen molar-refractivity contribution in [1.29, 1.82) is 0 Å². The molecule has 0 fully saturated rings. The number of thioether (sulfide) groups is 1. The van der Waals surface area contributed by atoms with E-state index >= 15 is 0 Å². The van der Waals surface area contributed by atoms with Crippen LogP contribution in [0.3, 0.4) is 0 Å². The molecule has 0 saturated heterocycles. The second kappa shape index (κ2) is 10.7. The zero-order valence-electron chi connectivity index (χ0n) is 16.5. The smallest absolute Gasteiger partial charge is 0.311 e. The number of anilines is 1. The molecule has 0 saturated carbocycles. The molecule has 0 aliphatic rings. The maximum Gasteiger partial charge on any atom is 0.311 e. The van der Waals surface area contributed by atoms with Gasteiger partial charge in [0.1, 0.15) is 10.8 Å². The monoisotopic (exact) mass is 444 g/mol. The zero-order chi connectivity index (χ0) is 21.3. The maximum absolute atomic E-state index is 12.2. The summed E-state index contributed by atoms with van der Waals surface area (Å²) >= 11 is 2.54. The lowest BCUT2D eigenvalue weighted by molar-refractivity contribution is -0.142. The van der Waals surface area contributed by atoms with Gasteiger partial charge in [0.05, 0.1) is 37.3 Å². The highest BCUT2D eigenvalue weighted by atomic mass is 32.2. The van der Waals surface area contributed by atoms with Crippen LogP contribution in [0.5, 0.6) is 5.75 Å². The number of carbonyl (C=O) groups excluding carboxylic acids is 2. The Bertz CT molecular complexity index is 991. The van der Waals surface area contributed by atoms with Crippen LogP contribution in [0.1, 0.15) is 12.6 Å². The van der Waals surface area contributed by atoms with E-state index in [0.29, 0.717) is 22.5 Å². The summed E-state index contributed by atoms with van der Waals surface area (Å²) in [5.74, 6) is 0.396. The Labute approximate surface area is 182 Å². The highest BCUT2D eigenvalue weighted by Crippen LogP contribution is 2.22. The van der Waals surface area contributed by atoms with Crippen LogP contribution in [-0.4, -0.2) is 46.5 Å². The molecule has 0 radical (unpaired) electrons. The first-order valence-corrected chi connectivity index (χ1v) is 10.9. The van der Waals surface area contributed by atoms with Gasteiger partial charge >= 0.3 is 5.97 Å². The summed E-state index contributed by atoms with van der Waals surface area (Å²) in [7, 11) is 1.62. The maximum atomic E-state index is 12.2. The van der Waals surface area contributed by atoms with Gasteiger partial charge in [-0.1, -0.05) is 11.8 Å². The first-order chi connectivity index (χ1) is 14.6. The Kier molecular flexibility index (Phi) is 7.75. The van der Waals surface area contributed by atoms with Gasteiger partial charge in [-0.15, -0.1) is 21.5 Å². The molecule has 8 nitrogen and oxygen atoms in total. The van der Waals surface area contributed by atoms with Crippen LogP contribution in [0, 0.1) is 0 Å². The Morgan fingerprint density at radius 2 is 1.93 bits per heavy atom. The lowest BCUT2D eigenvalue weighted by atomic mass is 10.1.